The molecule has 5 heteroatoms. The Balaban J connectivity index is 2.25. The molecule has 0 unspecified atom stereocenters. The van der Waals surface area contributed by atoms with Crippen LogP contribution in [0.15, 0.2) is 34.9 Å². The number of hydrogen-bond acceptors (Lipinski definition) is 4. The third kappa shape index (κ3) is 2.84. The van der Waals surface area contributed by atoms with Crippen molar-refractivity contribution in [1.82, 2.24) is 9.97 Å². The molecule has 0 atom stereocenters. The predicted molar refractivity (Wildman–Crippen MR) is 70.2 cm³/mol. The number of rotatable bonds is 3. The van der Waals surface area contributed by atoms with Crippen molar-refractivity contribution in [3.8, 4) is 11.9 Å². The number of nitriles is 1. The van der Waals surface area contributed by atoms with Gasteiger partial charge < -0.3 is 4.74 Å². The first kappa shape index (κ1) is 12.5. The fraction of sp³-hybridized carbons (Fsp3) is 0.154. The van der Waals surface area contributed by atoms with Gasteiger partial charge in [-0.2, -0.15) is 5.26 Å². The average Bonchev–Trinajstić information content (AvgIpc) is 2.41. The van der Waals surface area contributed by atoms with E-state index in [2.05, 4.69) is 25.9 Å². The second kappa shape index (κ2) is 5.61. The number of hydrogen-bond donors (Lipinski definition) is 0. The lowest BCUT2D eigenvalue weighted by atomic mass is 10.1. The smallest absolute Gasteiger partial charge is 0.251 e. The molecule has 0 radical (unpaired) electrons. The highest BCUT2D eigenvalue weighted by atomic mass is 79.9. The van der Waals surface area contributed by atoms with E-state index < -0.39 is 0 Å². The first-order chi connectivity index (χ1) is 8.72. The van der Waals surface area contributed by atoms with Gasteiger partial charge in [0, 0.05) is 10.9 Å². The Morgan fingerprint density at radius 3 is 2.67 bits per heavy atom. The fourth-order valence-electron chi connectivity index (χ4n) is 1.52. The van der Waals surface area contributed by atoms with E-state index in [1.807, 2.05) is 30.3 Å². The lowest BCUT2D eigenvalue weighted by Crippen LogP contribution is -2.00. The molecule has 18 heavy (non-hydrogen) atoms. The van der Waals surface area contributed by atoms with Crippen molar-refractivity contribution in [2.75, 3.05) is 7.11 Å². The Labute approximate surface area is 113 Å². The van der Waals surface area contributed by atoms with E-state index in [4.69, 9.17) is 10.00 Å². The second-order valence-corrected chi connectivity index (χ2v) is 4.55. The third-order valence-corrected chi connectivity index (χ3v) is 2.92. The maximum Gasteiger partial charge on any atom is 0.251 e. The Morgan fingerprint density at radius 2 is 2.06 bits per heavy atom. The molecule has 0 saturated carbocycles. The van der Waals surface area contributed by atoms with Gasteiger partial charge in [-0.1, -0.05) is 28.1 Å². The Kier molecular flexibility index (Phi) is 3.90. The highest BCUT2D eigenvalue weighted by Gasteiger charge is 2.07. The number of ether oxygens (including phenoxy) is 1. The van der Waals surface area contributed by atoms with Crippen molar-refractivity contribution in [2.45, 2.75) is 6.42 Å². The van der Waals surface area contributed by atoms with Crippen molar-refractivity contribution >= 4 is 15.9 Å². The molecule has 0 aliphatic carbocycles. The van der Waals surface area contributed by atoms with Crippen LogP contribution in [-0.2, 0) is 6.42 Å². The molecule has 4 nitrogen and oxygen atoms in total. The summed E-state index contributed by atoms with van der Waals surface area (Å²) in [5.74, 6) is 0.270. The molecule has 0 fully saturated rings. The summed E-state index contributed by atoms with van der Waals surface area (Å²) in [5, 5.41) is 8.82. The summed E-state index contributed by atoms with van der Waals surface area (Å²) < 4.78 is 6.07. The maximum atomic E-state index is 8.82. The van der Waals surface area contributed by atoms with Crippen LogP contribution < -0.4 is 4.74 Å². The molecular weight excluding hydrogens is 294 g/mol. The molecule has 0 aliphatic rings. The van der Waals surface area contributed by atoms with Crippen molar-refractivity contribution < 1.29 is 4.74 Å². The highest BCUT2D eigenvalue weighted by molar-refractivity contribution is 9.10. The van der Waals surface area contributed by atoms with Crippen LogP contribution in [0.5, 0.6) is 5.88 Å². The predicted octanol–water partition coefficient (Wildman–Crippen LogP) is 2.71. The zero-order chi connectivity index (χ0) is 13.0. The van der Waals surface area contributed by atoms with Crippen molar-refractivity contribution in [3.63, 3.8) is 0 Å². The normalized spacial score (nSPS) is 9.83. The van der Waals surface area contributed by atoms with Gasteiger partial charge in [0.05, 0.1) is 19.0 Å². The van der Waals surface area contributed by atoms with E-state index in [1.54, 1.807) is 6.20 Å². The largest absolute Gasteiger partial charge is 0.479 e. The number of methoxy groups -OCH3 is 1. The summed E-state index contributed by atoms with van der Waals surface area (Å²) in [5.41, 5.74) is 2.10. The molecule has 0 aliphatic heterocycles. The summed E-state index contributed by atoms with van der Waals surface area (Å²) in [7, 11) is 1.48. The van der Waals surface area contributed by atoms with Gasteiger partial charge in [-0.15, -0.1) is 0 Å². The van der Waals surface area contributed by atoms with Crippen molar-refractivity contribution in [3.05, 3.63) is 51.9 Å². The minimum absolute atomic E-state index is 0.206. The van der Waals surface area contributed by atoms with Gasteiger partial charge in [0.1, 0.15) is 6.07 Å². The second-order valence-electron chi connectivity index (χ2n) is 3.63. The van der Waals surface area contributed by atoms with E-state index in [0.717, 1.165) is 15.7 Å². The molecule has 2 aromatic rings. The molecular formula is C13H10BrN3O. The molecule has 1 aromatic carbocycles. The van der Waals surface area contributed by atoms with Crippen LogP contribution in [0.2, 0.25) is 0 Å². The third-order valence-electron chi connectivity index (χ3n) is 2.39. The van der Waals surface area contributed by atoms with E-state index >= 15 is 0 Å². The van der Waals surface area contributed by atoms with E-state index in [-0.39, 0.29) is 11.6 Å². The van der Waals surface area contributed by atoms with Crippen LogP contribution in [0, 0.1) is 11.3 Å². The van der Waals surface area contributed by atoms with Gasteiger partial charge in [-0.05, 0) is 17.7 Å². The van der Waals surface area contributed by atoms with Gasteiger partial charge >= 0.3 is 0 Å². The first-order valence-electron chi connectivity index (χ1n) is 5.27. The molecule has 0 bridgehead atoms. The zero-order valence-electron chi connectivity index (χ0n) is 9.72. The van der Waals surface area contributed by atoms with Gasteiger partial charge in [-0.3, -0.25) is 0 Å². The van der Waals surface area contributed by atoms with Crippen LogP contribution in [0.4, 0.5) is 0 Å². The molecule has 2 rings (SSSR count). The van der Waals surface area contributed by atoms with Gasteiger partial charge in [0.15, 0.2) is 0 Å². The van der Waals surface area contributed by atoms with E-state index in [9.17, 15) is 0 Å². The summed E-state index contributed by atoms with van der Waals surface area (Å²) in [6.45, 7) is 0. The van der Waals surface area contributed by atoms with Crippen LogP contribution in [0.3, 0.4) is 0 Å². The van der Waals surface area contributed by atoms with Crippen LogP contribution in [0.25, 0.3) is 0 Å². The molecule has 0 N–H and O–H groups in total. The van der Waals surface area contributed by atoms with E-state index in [0.29, 0.717) is 6.42 Å². The topological polar surface area (TPSA) is 58.8 Å². The summed E-state index contributed by atoms with van der Waals surface area (Å²) in [6, 6.07) is 9.91. The lowest BCUT2D eigenvalue weighted by molar-refractivity contribution is 0.392. The van der Waals surface area contributed by atoms with Crippen LogP contribution in [-0.4, -0.2) is 17.1 Å². The van der Waals surface area contributed by atoms with Gasteiger partial charge in [0.2, 0.25) is 5.69 Å². The molecule has 0 saturated heterocycles. The highest BCUT2D eigenvalue weighted by Crippen LogP contribution is 2.16. The lowest BCUT2D eigenvalue weighted by Gasteiger charge is -2.04. The van der Waals surface area contributed by atoms with Crippen molar-refractivity contribution in [2.24, 2.45) is 0 Å². The van der Waals surface area contributed by atoms with E-state index in [1.165, 1.54) is 7.11 Å². The molecule has 0 spiro atoms. The monoisotopic (exact) mass is 303 g/mol. The SMILES string of the molecule is COc1nc(Cc2ccc(Br)cc2)cnc1C#N. The number of halogens is 1. The Bertz CT molecular complexity index is 590. The van der Waals surface area contributed by atoms with Crippen LogP contribution in [0.1, 0.15) is 17.0 Å². The number of nitrogens with zero attached hydrogens (tertiary/aromatic N) is 3. The zero-order valence-corrected chi connectivity index (χ0v) is 11.3. The number of benzene rings is 1. The quantitative estimate of drug-likeness (QED) is 0.875. The summed E-state index contributed by atoms with van der Waals surface area (Å²) in [6.07, 6.45) is 2.26. The van der Waals surface area contributed by atoms with Crippen molar-refractivity contribution in [1.29, 1.82) is 5.26 Å². The Morgan fingerprint density at radius 1 is 1.33 bits per heavy atom. The summed E-state index contributed by atoms with van der Waals surface area (Å²) >= 11 is 3.39. The minimum atomic E-state index is 0.206. The average molecular weight is 304 g/mol. The molecule has 1 aromatic heterocycles. The molecule has 90 valence electrons. The van der Waals surface area contributed by atoms with Gasteiger partial charge in [-0.25, -0.2) is 9.97 Å². The Hall–Kier alpha value is -1.93. The molecule has 1 heterocycles. The minimum Gasteiger partial charge on any atom is -0.479 e. The standard InChI is InChI=1S/C13H10BrN3O/c1-18-13-12(7-15)16-8-11(17-13)6-9-2-4-10(14)5-3-9/h2-5,8H,6H2,1H3. The summed E-state index contributed by atoms with van der Waals surface area (Å²) in [4.78, 5) is 8.28. The fourth-order valence-corrected chi connectivity index (χ4v) is 1.79. The first-order valence-corrected chi connectivity index (χ1v) is 6.06. The maximum absolute atomic E-state index is 8.82. The van der Waals surface area contributed by atoms with Gasteiger partial charge in [0.25, 0.3) is 5.88 Å². The number of aromatic nitrogens is 2. The van der Waals surface area contributed by atoms with Crippen LogP contribution >= 0.6 is 15.9 Å². The molecule has 0 amide bonds.